The molecule has 0 rings (SSSR count). The Balaban J connectivity index is -0.00000110. The predicted octanol–water partition coefficient (Wildman–Crippen LogP) is -0.627. The molecule has 0 spiro atoms. The minimum atomic E-state index is -5.23. The van der Waals surface area contributed by atoms with Crippen molar-refractivity contribution in [2.45, 2.75) is 173 Å². The Kier molecular flexibility index (Phi) is 41.6. The first-order valence-corrected chi connectivity index (χ1v) is 18.4. The molecule has 0 saturated carbocycles. The third-order valence-electron chi connectivity index (χ3n) is 8.16. The van der Waals surface area contributed by atoms with E-state index >= 15 is 0 Å². The molecule has 0 aliphatic rings. The van der Waals surface area contributed by atoms with E-state index in [1.165, 1.54) is 70.6 Å². The Hall–Kier alpha value is 0.510. The van der Waals surface area contributed by atoms with Gasteiger partial charge in [0, 0.05) is 11.9 Å². The molecule has 9 nitrogen and oxygen atoms in total. The van der Waals surface area contributed by atoms with Crippen LogP contribution in [0.3, 0.4) is 0 Å². The molecule has 0 aliphatic heterocycles. The Morgan fingerprint density at radius 2 is 1.04 bits per heavy atom. The van der Waals surface area contributed by atoms with Crippen molar-refractivity contribution in [2.75, 3.05) is 6.54 Å². The molecular weight excluding hydrogens is 616 g/mol. The van der Waals surface area contributed by atoms with Gasteiger partial charge in [-0.1, -0.05) is 162 Å². The summed E-state index contributed by atoms with van der Waals surface area (Å²) in [7, 11) is -5.23. The first kappa shape index (κ1) is 52.3. The fraction of sp³-hybridized carbons (Fsp3) is 0.879. The average molecular weight is 680 g/mol. The summed E-state index contributed by atoms with van der Waals surface area (Å²) in [6, 6.07) is 0. The molecule has 256 valence electrons. The van der Waals surface area contributed by atoms with E-state index in [1.807, 2.05) is 0 Å². The van der Waals surface area contributed by atoms with Gasteiger partial charge in [0.05, 0.1) is 12.5 Å². The minimum Gasteiger partial charge on any atom is -0.636 e. The molecule has 3 N–H and O–H groups in total. The largest absolute Gasteiger partial charge is 1.00 e. The number of hydrogen-bond donors (Lipinski definition) is 2. The topological polar surface area (TPSA) is 174 Å². The van der Waals surface area contributed by atoms with Gasteiger partial charge in [0.25, 0.3) is 10.1 Å². The molecule has 0 bridgehead atoms. The van der Waals surface area contributed by atoms with Crippen LogP contribution < -0.4 is 74.8 Å². The van der Waals surface area contributed by atoms with Crippen molar-refractivity contribution in [3.05, 3.63) is 17.9 Å². The van der Waals surface area contributed by atoms with Gasteiger partial charge in [-0.3, -0.25) is 4.55 Å². The van der Waals surface area contributed by atoms with Crippen LogP contribution in [0.5, 0.6) is 0 Å². The van der Waals surface area contributed by atoms with Crippen LogP contribution in [0, 0.1) is 11.1 Å². The smallest absolute Gasteiger partial charge is 0.636 e. The van der Waals surface area contributed by atoms with E-state index < -0.39 is 39.1 Å². The monoisotopic (exact) mass is 679 g/mol. The number of nitrogens with two attached hydrogens (primary N) is 1. The minimum absolute atomic E-state index is 0. The summed E-state index contributed by atoms with van der Waals surface area (Å²) in [6.45, 7) is 8.17. The van der Waals surface area contributed by atoms with Crippen molar-refractivity contribution in [2.24, 2.45) is 5.92 Å². The van der Waals surface area contributed by atoms with E-state index in [4.69, 9.17) is 0 Å². The second-order valence-corrected chi connectivity index (χ2v) is 13.5. The summed E-state index contributed by atoms with van der Waals surface area (Å²) in [4.78, 5) is 24.0. The van der Waals surface area contributed by atoms with Crippen LogP contribution in [0.1, 0.15) is 168 Å². The molecule has 0 aliphatic carbocycles. The molecule has 0 fully saturated rings. The van der Waals surface area contributed by atoms with Crippen molar-refractivity contribution in [1.29, 1.82) is 0 Å². The quantitative estimate of drug-likeness (QED) is 0.0332. The van der Waals surface area contributed by atoms with Crippen LogP contribution in [-0.2, 0) is 19.7 Å². The number of quaternary nitrogens is 1. The van der Waals surface area contributed by atoms with Crippen LogP contribution in [0.4, 0.5) is 0 Å². The van der Waals surface area contributed by atoms with Gasteiger partial charge in [0.1, 0.15) is 4.75 Å². The van der Waals surface area contributed by atoms with Gasteiger partial charge in [-0.25, -0.2) is 0 Å². The van der Waals surface area contributed by atoms with Gasteiger partial charge in [-0.15, -0.1) is 0 Å². The molecule has 0 aromatic heterocycles. The number of aliphatic carboxylic acids is 2. The Bertz CT molecular complexity index is 802. The molecule has 12 heteroatoms. The number of unbranched alkanes of at least 4 members (excludes halogenated alkanes) is 20. The van der Waals surface area contributed by atoms with Crippen molar-refractivity contribution >= 4 is 22.1 Å². The van der Waals surface area contributed by atoms with Crippen LogP contribution in [0.2, 0.25) is 0 Å². The van der Waals surface area contributed by atoms with Gasteiger partial charge in [-0.05, 0) is 18.9 Å². The number of rotatable bonds is 30. The Morgan fingerprint density at radius 3 is 1.29 bits per heavy atom. The third-order valence-corrected chi connectivity index (χ3v) is 9.74. The van der Waals surface area contributed by atoms with E-state index in [9.17, 15) is 38.0 Å². The zero-order valence-corrected chi connectivity index (χ0v) is 34.1. The van der Waals surface area contributed by atoms with Crippen LogP contribution >= 0.6 is 0 Å². The maximum atomic E-state index is 12.3. The summed E-state index contributed by atoms with van der Waals surface area (Å²) in [5, 5.41) is 33.4. The summed E-state index contributed by atoms with van der Waals surface area (Å²) in [5.41, 5.74) is 0.812. The molecule has 2 atom stereocenters. The summed E-state index contributed by atoms with van der Waals surface area (Å²) in [5.74, 6) is -5.66. The second kappa shape index (κ2) is 35.8. The average Bonchev–Trinajstić information content (AvgIpc) is 2.94. The Morgan fingerprint density at radius 1 is 0.711 bits per heavy atom. The number of hydrogen-bond acceptors (Lipinski definition) is 7. The molecule has 0 amide bonds. The second-order valence-electron chi connectivity index (χ2n) is 11.8. The standard InChI is InChI=1S/C30H58O7S.C3H7NO.2Na/c1-3-5-7-9-11-13-15-17-19-21-23-25-27(28(31)32)30(29(33)34,38(35,36)37)26-24-22-20-18-16-14-12-10-8-6-4-2;1-2-3-4-5;;/h27H,3-26H2,1-2H3,(H,31,32)(H,33,34)(H,35,36,37);2H,1,3-4H2;;/q;;2*+1/p-2. The van der Waals surface area contributed by atoms with E-state index in [0.717, 1.165) is 50.4 Å². The van der Waals surface area contributed by atoms with E-state index in [-0.39, 0.29) is 72.0 Å². The van der Waals surface area contributed by atoms with Gasteiger partial charge in [-0.2, -0.15) is 8.42 Å². The summed E-state index contributed by atoms with van der Waals surface area (Å²) >= 11 is 0. The zero-order valence-electron chi connectivity index (χ0n) is 29.3. The summed E-state index contributed by atoms with van der Waals surface area (Å²) < 4.78 is 31.6. The number of hydroxylamine groups is 1. The maximum Gasteiger partial charge on any atom is 1.00 e. The van der Waals surface area contributed by atoms with Crippen molar-refractivity contribution in [3.8, 4) is 0 Å². The van der Waals surface area contributed by atoms with Crippen LogP contribution in [0.25, 0.3) is 0 Å². The van der Waals surface area contributed by atoms with Crippen LogP contribution in [-0.4, -0.2) is 36.2 Å². The molecular formula is C33H63NNa2O8S. The Labute approximate surface area is 319 Å². The number of carboxylic acid groups (broad SMARTS) is 2. The number of carbonyl (C=O) groups is 2. The van der Waals surface area contributed by atoms with E-state index in [0.29, 0.717) is 25.8 Å². The maximum absolute atomic E-state index is 12.3. The fourth-order valence-electron chi connectivity index (χ4n) is 5.51. The van der Waals surface area contributed by atoms with Crippen molar-refractivity contribution < 1.29 is 97.4 Å². The molecule has 0 radical (unpaired) electrons. The number of carboxylic acids is 2. The zero-order chi connectivity index (χ0) is 32.8. The van der Waals surface area contributed by atoms with Gasteiger partial charge < -0.3 is 30.5 Å². The molecule has 45 heavy (non-hydrogen) atoms. The first-order chi connectivity index (χ1) is 20.6. The van der Waals surface area contributed by atoms with Gasteiger partial charge in [0.2, 0.25) is 0 Å². The SMILES string of the molecule is C=CC[NH2+][O-].CCCCCCCCCCCCCC(C(=O)[O-])C(CCCCCCCCCCCCC)(C(=O)[O-])S(=O)(=O)O.[Na+].[Na+]. The summed E-state index contributed by atoms with van der Waals surface area (Å²) in [6.07, 6.45) is 23.2. The molecule has 2 unspecified atom stereocenters. The first-order valence-electron chi connectivity index (χ1n) is 17.0. The van der Waals surface area contributed by atoms with Gasteiger partial charge >= 0.3 is 59.1 Å². The fourth-order valence-corrected chi connectivity index (χ4v) is 6.69. The molecule has 0 saturated heterocycles. The predicted molar refractivity (Wildman–Crippen MR) is 170 cm³/mol. The number of carbonyl (C=O) groups excluding carboxylic acids is 2. The third kappa shape index (κ3) is 27.1. The van der Waals surface area contributed by atoms with Gasteiger partial charge in [0.15, 0.2) is 0 Å². The van der Waals surface area contributed by atoms with Crippen LogP contribution in [0.15, 0.2) is 12.7 Å². The van der Waals surface area contributed by atoms with Crippen molar-refractivity contribution in [3.63, 3.8) is 0 Å². The molecule has 0 heterocycles. The van der Waals surface area contributed by atoms with E-state index in [1.54, 1.807) is 6.08 Å². The normalized spacial score (nSPS) is 12.9. The molecule has 0 aromatic rings. The molecule has 0 aromatic carbocycles. The van der Waals surface area contributed by atoms with Crippen molar-refractivity contribution in [1.82, 2.24) is 0 Å². The van der Waals surface area contributed by atoms with E-state index in [2.05, 4.69) is 20.4 Å².